The summed E-state index contributed by atoms with van der Waals surface area (Å²) in [6.07, 6.45) is 1.22. The van der Waals surface area contributed by atoms with Crippen LogP contribution in [0.4, 0.5) is 10.2 Å². The second kappa shape index (κ2) is 5.65. The van der Waals surface area contributed by atoms with E-state index in [1.165, 1.54) is 4.68 Å². The molecule has 1 aromatic heterocycles. The summed E-state index contributed by atoms with van der Waals surface area (Å²) < 4.78 is 20.6. The van der Waals surface area contributed by atoms with E-state index < -0.39 is 11.6 Å². The minimum absolute atomic E-state index is 0.0870. The summed E-state index contributed by atoms with van der Waals surface area (Å²) >= 11 is 0. The van der Waals surface area contributed by atoms with Crippen molar-refractivity contribution in [3.8, 4) is 0 Å². The van der Waals surface area contributed by atoms with Crippen LogP contribution in [-0.2, 0) is 16.6 Å². The van der Waals surface area contributed by atoms with Crippen LogP contribution in [-0.4, -0.2) is 69.2 Å². The molecule has 1 saturated carbocycles. The van der Waals surface area contributed by atoms with Crippen molar-refractivity contribution in [1.29, 1.82) is 0 Å². The summed E-state index contributed by atoms with van der Waals surface area (Å²) in [5, 5.41) is 10.3. The predicted octanol–water partition coefficient (Wildman–Crippen LogP) is -0.755. The third-order valence-electron chi connectivity index (χ3n) is 5.39. The smallest absolute Gasteiger partial charge is 0.278 e. The summed E-state index contributed by atoms with van der Waals surface area (Å²) in [6.45, 7) is 1.22. The van der Waals surface area contributed by atoms with Gasteiger partial charge in [0.15, 0.2) is 17.2 Å². The first-order chi connectivity index (χ1) is 11.9. The van der Waals surface area contributed by atoms with Gasteiger partial charge in [-0.2, -0.15) is 0 Å². The van der Waals surface area contributed by atoms with Gasteiger partial charge in [-0.05, 0) is 19.3 Å². The Morgan fingerprint density at radius 2 is 2.20 bits per heavy atom. The molecule has 3 N–H and O–H groups in total. The van der Waals surface area contributed by atoms with E-state index in [0.29, 0.717) is 19.6 Å². The number of anilines is 1. The fourth-order valence-corrected chi connectivity index (χ4v) is 3.70. The monoisotopic (exact) mass is 352 g/mol. The average Bonchev–Trinajstić information content (AvgIpc) is 2.92. The van der Waals surface area contributed by atoms with Gasteiger partial charge in [0.25, 0.3) is 11.8 Å². The van der Waals surface area contributed by atoms with Crippen molar-refractivity contribution in [1.82, 2.24) is 25.2 Å². The third-order valence-corrected chi connectivity index (χ3v) is 5.39. The van der Waals surface area contributed by atoms with E-state index in [4.69, 9.17) is 10.5 Å². The molecule has 1 aliphatic carbocycles. The zero-order chi connectivity index (χ0) is 17.8. The molecule has 25 heavy (non-hydrogen) atoms. The van der Waals surface area contributed by atoms with Crippen molar-refractivity contribution in [2.45, 2.75) is 37.0 Å². The van der Waals surface area contributed by atoms with E-state index in [-0.39, 0.29) is 54.8 Å². The second-order valence-corrected chi connectivity index (χ2v) is 7.09. The molecule has 3 unspecified atom stereocenters. The zero-order valence-corrected chi connectivity index (χ0v) is 13.9. The number of fused-ring (bicyclic) bond motifs is 1. The third kappa shape index (κ3) is 2.64. The fraction of sp³-hybridized carbons (Fsp3) is 0.733. The number of halogens is 1. The molecule has 0 bridgehead atoms. The lowest BCUT2D eigenvalue weighted by Crippen LogP contribution is -2.49. The summed E-state index contributed by atoms with van der Waals surface area (Å²) in [7, 11) is 1.61. The molecular formula is C15H21FN6O3. The van der Waals surface area contributed by atoms with Crippen LogP contribution in [0.3, 0.4) is 0 Å². The standard InChI is InChI=1S/C15H21FN6O3/c1-21-12(17)11(19-20-21)13(23)22-9(4-8-6-25-7-10(8)22)5-18-14(24)15(16)2-3-15/h8-10H,2-7,17H2,1H3,(H,18,24). The Bertz CT molecular complexity index is 718. The molecule has 3 atom stereocenters. The first kappa shape index (κ1) is 16.2. The van der Waals surface area contributed by atoms with Crippen LogP contribution in [0.2, 0.25) is 0 Å². The van der Waals surface area contributed by atoms with E-state index in [0.717, 1.165) is 0 Å². The van der Waals surface area contributed by atoms with Crippen molar-refractivity contribution in [2.75, 3.05) is 25.5 Å². The number of rotatable bonds is 4. The number of hydrogen-bond acceptors (Lipinski definition) is 6. The lowest BCUT2D eigenvalue weighted by atomic mass is 10.0. The lowest BCUT2D eigenvalue weighted by molar-refractivity contribution is -0.127. The first-order valence-electron chi connectivity index (χ1n) is 8.43. The Hall–Kier alpha value is -2.23. The maximum Gasteiger partial charge on any atom is 0.278 e. The second-order valence-electron chi connectivity index (χ2n) is 7.09. The minimum Gasteiger partial charge on any atom is -0.382 e. The van der Waals surface area contributed by atoms with E-state index >= 15 is 0 Å². The van der Waals surface area contributed by atoms with Gasteiger partial charge in [0.05, 0.1) is 25.3 Å². The van der Waals surface area contributed by atoms with Crippen LogP contribution >= 0.6 is 0 Å². The van der Waals surface area contributed by atoms with Crippen LogP contribution in [0.5, 0.6) is 0 Å². The molecule has 2 amide bonds. The van der Waals surface area contributed by atoms with Crippen LogP contribution < -0.4 is 11.1 Å². The van der Waals surface area contributed by atoms with Crippen molar-refractivity contribution in [3.05, 3.63) is 5.69 Å². The quantitative estimate of drug-likeness (QED) is 0.736. The molecule has 9 nitrogen and oxygen atoms in total. The number of likely N-dealkylation sites (tertiary alicyclic amines) is 1. The Balaban J connectivity index is 1.52. The molecule has 0 spiro atoms. The number of aromatic nitrogens is 3. The van der Waals surface area contributed by atoms with E-state index in [9.17, 15) is 14.0 Å². The van der Waals surface area contributed by atoms with Crippen molar-refractivity contribution in [2.24, 2.45) is 13.0 Å². The highest BCUT2D eigenvalue weighted by atomic mass is 19.1. The van der Waals surface area contributed by atoms with E-state index in [1.807, 2.05) is 0 Å². The molecule has 2 saturated heterocycles. The van der Waals surface area contributed by atoms with Crippen molar-refractivity contribution >= 4 is 17.6 Å². The summed E-state index contributed by atoms with van der Waals surface area (Å²) in [4.78, 5) is 26.5. The van der Waals surface area contributed by atoms with Crippen LogP contribution in [0.25, 0.3) is 0 Å². The summed E-state index contributed by atoms with van der Waals surface area (Å²) in [5.74, 6) is -0.531. The van der Waals surface area contributed by atoms with E-state index in [1.54, 1.807) is 11.9 Å². The first-order valence-corrected chi connectivity index (χ1v) is 8.43. The van der Waals surface area contributed by atoms with Crippen molar-refractivity contribution in [3.63, 3.8) is 0 Å². The van der Waals surface area contributed by atoms with Gasteiger partial charge >= 0.3 is 0 Å². The molecule has 4 rings (SSSR count). The summed E-state index contributed by atoms with van der Waals surface area (Å²) in [5.41, 5.74) is 4.25. The van der Waals surface area contributed by atoms with Gasteiger partial charge in [0.2, 0.25) is 0 Å². The SMILES string of the molecule is Cn1nnc(C(=O)N2C(CNC(=O)C3(F)CC3)CC3COCC32)c1N. The molecular weight excluding hydrogens is 331 g/mol. The van der Waals surface area contributed by atoms with Crippen LogP contribution in [0.15, 0.2) is 0 Å². The fourth-order valence-electron chi connectivity index (χ4n) is 3.70. The van der Waals surface area contributed by atoms with Crippen LogP contribution in [0.1, 0.15) is 29.8 Å². The van der Waals surface area contributed by atoms with Gasteiger partial charge in [-0.25, -0.2) is 9.07 Å². The molecule has 0 radical (unpaired) electrons. The number of nitrogen functional groups attached to an aromatic ring is 1. The van der Waals surface area contributed by atoms with Gasteiger partial charge in [-0.3, -0.25) is 9.59 Å². The Kier molecular flexibility index (Phi) is 3.67. The predicted molar refractivity (Wildman–Crippen MR) is 84.2 cm³/mol. The zero-order valence-electron chi connectivity index (χ0n) is 13.9. The largest absolute Gasteiger partial charge is 0.382 e. The lowest BCUT2D eigenvalue weighted by Gasteiger charge is -2.29. The molecule has 2 aliphatic heterocycles. The molecule has 0 aromatic carbocycles. The van der Waals surface area contributed by atoms with E-state index in [2.05, 4.69) is 15.6 Å². The number of amides is 2. The van der Waals surface area contributed by atoms with Gasteiger partial charge in [0, 0.05) is 19.5 Å². The minimum atomic E-state index is -1.72. The normalized spacial score (nSPS) is 29.5. The van der Waals surface area contributed by atoms with Crippen molar-refractivity contribution < 1.29 is 18.7 Å². The van der Waals surface area contributed by atoms with Gasteiger partial charge in [-0.1, -0.05) is 5.21 Å². The number of nitrogens with zero attached hydrogens (tertiary/aromatic N) is 4. The molecule has 3 aliphatic rings. The molecule has 10 heteroatoms. The van der Waals surface area contributed by atoms with Gasteiger partial charge < -0.3 is 20.7 Å². The number of alkyl halides is 1. The Morgan fingerprint density at radius 3 is 2.84 bits per heavy atom. The number of nitrogens with one attached hydrogen (secondary N) is 1. The summed E-state index contributed by atoms with van der Waals surface area (Å²) in [6, 6.07) is -0.324. The highest BCUT2D eigenvalue weighted by Crippen LogP contribution is 2.40. The molecule has 1 aromatic rings. The number of carbonyl (C=O) groups excluding carboxylic acids is 2. The molecule has 3 heterocycles. The Morgan fingerprint density at radius 1 is 1.44 bits per heavy atom. The molecule has 136 valence electrons. The number of nitrogens with two attached hydrogens (primary N) is 1. The maximum atomic E-state index is 13.8. The number of carbonyl (C=O) groups is 2. The Labute approximate surface area is 143 Å². The topological polar surface area (TPSA) is 115 Å². The highest BCUT2D eigenvalue weighted by molar-refractivity contribution is 5.97. The molecule has 3 fully saturated rings. The number of ether oxygens (including phenoxy) is 1. The van der Waals surface area contributed by atoms with Crippen LogP contribution in [0, 0.1) is 5.92 Å². The highest BCUT2D eigenvalue weighted by Gasteiger charge is 2.52. The maximum absolute atomic E-state index is 13.8. The number of hydrogen-bond donors (Lipinski definition) is 2. The van der Waals surface area contributed by atoms with Gasteiger partial charge in [0.1, 0.15) is 0 Å². The van der Waals surface area contributed by atoms with Gasteiger partial charge in [-0.15, -0.1) is 5.10 Å². The number of aryl methyl sites for hydroxylation is 1. The average molecular weight is 352 g/mol.